The van der Waals surface area contributed by atoms with Gasteiger partial charge in [-0.3, -0.25) is 0 Å². The summed E-state index contributed by atoms with van der Waals surface area (Å²) in [5, 5.41) is 8.91. The van der Waals surface area contributed by atoms with E-state index >= 15 is 0 Å². The van der Waals surface area contributed by atoms with Crippen molar-refractivity contribution in [3.63, 3.8) is 0 Å². The van der Waals surface area contributed by atoms with Crippen LogP contribution in [0.2, 0.25) is 0 Å². The SMILES string of the molecule is CC1CCN(c2ccc(N3CCN(S(=O)(=O)c4cn(C)cn4)CC3)nn2)CC1. The Morgan fingerprint density at radius 1 is 0.929 bits per heavy atom. The maximum atomic E-state index is 12.7. The summed E-state index contributed by atoms with van der Waals surface area (Å²) in [5.74, 6) is 2.50. The fourth-order valence-corrected chi connectivity index (χ4v) is 5.09. The van der Waals surface area contributed by atoms with E-state index in [0.717, 1.165) is 30.6 Å². The predicted octanol–water partition coefficient (Wildman–Crippen LogP) is 0.957. The molecule has 28 heavy (non-hydrogen) atoms. The fraction of sp³-hybridized carbons (Fsp3) is 0.611. The first kappa shape index (κ1) is 19.1. The summed E-state index contributed by atoms with van der Waals surface area (Å²) >= 11 is 0. The normalized spacial score (nSPS) is 19.9. The summed E-state index contributed by atoms with van der Waals surface area (Å²) in [4.78, 5) is 8.36. The summed E-state index contributed by atoms with van der Waals surface area (Å²) < 4.78 is 28.5. The Labute approximate surface area is 166 Å². The second-order valence-electron chi connectivity index (χ2n) is 7.69. The average Bonchev–Trinajstić information content (AvgIpc) is 3.16. The van der Waals surface area contributed by atoms with E-state index in [1.54, 1.807) is 11.6 Å². The van der Waals surface area contributed by atoms with Crippen LogP contribution in [0.3, 0.4) is 0 Å². The molecular formula is C18H27N7O2S. The number of piperidine rings is 1. The van der Waals surface area contributed by atoms with Crippen molar-refractivity contribution >= 4 is 21.7 Å². The van der Waals surface area contributed by atoms with E-state index in [4.69, 9.17) is 0 Å². The smallest absolute Gasteiger partial charge is 0.262 e. The molecule has 0 N–H and O–H groups in total. The highest BCUT2D eigenvalue weighted by molar-refractivity contribution is 7.89. The van der Waals surface area contributed by atoms with Crippen molar-refractivity contribution in [1.29, 1.82) is 0 Å². The Kier molecular flexibility index (Phi) is 5.24. The molecule has 152 valence electrons. The molecule has 2 fully saturated rings. The minimum absolute atomic E-state index is 0.100. The zero-order chi connectivity index (χ0) is 19.7. The van der Waals surface area contributed by atoms with Crippen molar-refractivity contribution < 1.29 is 8.42 Å². The van der Waals surface area contributed by atoms with Crippen LogP contribution >= 0.6 is 0 Å². The van der Waals surface area contributed by atoms with Gasteiger partial charge >= 0.3 is 0 Å². The lowest BCUT2D eigenvalue weighted by atomic mass is 9.99. The van der Waals surface area contributed by atoms with Crippen molar-refractivity contribution in [1.82, 2.24) is 24.1 Å². The molecule has 2 aromatic heterocycles. The largest absolute Gasteiger partial charge is 0.355 e. The Morgan fingerprint density at radius 2 is 1.50 bits per heavy atom. The molecule has 2 aromatic rings. The third-order valence-electron chi connectivity index (χ3n) is 5.59. The molecule has 9 nitrogen and oxygen atoms in total. The van der Waals surface area contributed by atoms with Gasteiger partial charge in [-0.15, -0.1) is 10.2 Å². The molecule has 10 heteroatoms. The topological polar surface area (TPSA) is 87.5 Å². The number of anilines is 2. The molecule has 0 aromatic carbocycles. The first-order valence-electron chi connectivity index (χ1n) is 9.75. The molecular weight excluding hydrogens is 378 g/mol. The third-order valence-corrected chi connectivity index (χ3v) is 7.38. The van der Waals surface area contributed by atoms with Gasteiger partial charge < -0.3 is 14.4 Å². The standard InChI is InChI=1S/C18H27N7O2S/c1-15-5-7-23(8-6-15)16-3-4-17(21-20-16)24-9-11-25(12-10-24)28(26,27)18-13-22(2)14-19-18/h3-4,13-15H,5-12H2,1-2H3. The van der Waals surface area contributed by atoms with Crippen LogP contribution in [0, 0.1) is 5.92 Å². The molecule has 0 unspecified atom stereocenters. The molecule has 0 saturated carbocycles. The molecule has 4 rings (SSSR count). The highest BCUT2D eigenvalue weighted by Crippen LogP contribution is 2.23. The second kappa shape index (κ2) is 7.67. The van der Waals surface area contributed by atoms with Crippen LogP contribution in [-0.2, 0) is 17.1 Å². The monoisotopic (exact) mass is 405 g/mol. The van der Waals surface area contributed by atoms with Crippen molar-refractivity contribution in [2.75, 3.05) is 49.1 Å². The number of imidazole rings is 1. The fourth-order valence-electron chi connectivity index (χ4n) is 3.71. The summed E-state index contributed by atoms with van der Waals surface area (Å²) in [5.41, 5.74) is 0. The van der Waals surface area contributed by atoms with Crippen molar-refractivity contribution in [2.45, 2.75) is 24.8 Å². The van der Waals surface area contributed by atoms with E-state index in [1.165, 1.54) is 29.7 Å². The van der Waals surface area contributed by atoms with Crippen LogP contribution in [0.25, 0.3) is 0 Å². The Hall–Kier alpha value is -2.20. The highest BCUT2D eigenvalue weighted by atomic mass is 32.2. The average molecular weight is 406 g/mol. The molecule has 0 atom stereocenters. The van der Waals surface area contributed by atoms with E-state index in [-0.39, 0.29) is 5.03 Å². The molecule has 2 saturated heterocycles. The zero-order valence-corrected chi connectivity index (χ0v) is 17.2. The van der Waals surface area contributed by atoms with Gasteiger partial charge in [0.05, 0.1) is 6.33 Å². The summed E-state index contributed by atoms with van der Waals surface area (Å²) in [6.45, 7) is 6.33. The first-order chi connectivity index (χ1) is 13.4. The predicted molar refractivity (Wildman–Crippen MR) is 107 cm³/mol. The van der Waals surface area contributed by atoms with Gasteiger partial charge in [-0.1, -0.05) is 6.92 Å². The molecule has 0 aliphatic carbocycles. The van der Waals surface area contributed by atoms with Crippen LogP contribution < -0.4 is 9.80 Å². The number of hydrogen-bond donors (Lipinski definition) is 0. The molecule has 4 heterocycles. The van der Waals surface area contributed by atoms with Crippen molar-refractivity contribution in [3.05, 3.63) is 24.7 Å². The van der Waals surface area contributed by atoms with Gasteiger partial charge in [0.25, 0.3) is 10.0 Å². The number of rotatable bonds is 4. The van der Waals surface area contributed by atoms with Crippen LogP contribution in [0.5, 0.6) is 0 Å². The molecule has 0 radical (unpaired) electrons. The lowest BCUT2D eigenvalue weighted by Crippen LogP contribution is -2.49. The lowest BCUT2D eigenvalue weighted by molar-refractivity contribution is 0.382. The van der Waals surface area contributed by atoms with Gasteiger partial charge in [0, 0.05) is 52.5 Å². The van der Waals surface area contributed by atoms with Gasteiger partial charge in [0.2, 0.25) is 0 Å². The Balaban J connectivity index is 1.37. The minimum atomic E-state index is -3.54. The minimum Gasteiger partial charge on any atom is -0.355 e. The Bertz CT molecular complexity index is 896. The first-order valence-corrected chi connectivity index (χ1v) is 11.2. The second-order valence-corrected chi connectivity index (χ2v) is 9.57. The maximum absolute atomic E-state index is 12.7. The Morgan fingerprint density at radius 3 is 2.00 bits per heavy atom. The quantitative estimate of drug-likeness (QED) is 0.749. The van der Waals surface area contributed by atoms with E-state index in [9.17, 15) is 8.42 Å². The molecule has 0 amide bonds. The number of aryl methyl sites for hydroxylation is 1. The highest BCUT2D eigenvalue weighted by Gasteiger charge is 2.30. The third kappa shape index (κ3) is 3.83. The van der Waals surface area contributed by atoms with Gasteiger partial charge in [-0.05, 0) is 30.9 Å². The van der Waals surface area contributed by atoms with E-state index < -0.39 is 10.0 Å². The van der Waals surface area contributed by atoms with Crippen LogP contribution in [0.4, 0.5) is 11.6 Å². The lowest BCUT2D eigenvalue weighted by Gasteiger charge is -2.34. The number of sulfonamides is 1. The number of aromatic nitrogens is 4. The van der Waals surface area contributed by atoms with Crippen LogP contribution in [0.15, 0.2) is 29.7 Å². The zero-order valence-electron chi connectivity index (χ0n) is 16.4. The van der Waals surface area contributed by atoms with Crippen LogP contribution in [-0.4, -0.2) is 71.7 Å². The van der Waals surface area contributed by atoms with Crippen molar-refractivity contribution in [2.24, 2.45) is 13.0 Å². The maximum Gasteiger partial charge on any atom is 0.262 e. The summed E-state index contributed by atoms with van der Waals surface area (Å²) in [6, 6.07) is 4.01. The molecule has 0 bridgehead atoms. The molecule has 2 aliphatic rings. The van der Waals surface area contributed by atoms with E-state index in [2.05, 4.69) is 31.9 Å². The summed E-state index contributed by atoms with van der Waals surface area (Å²) in [7, 11) is -1.78. The number of piperazine rings is 1. The number of hydrogen-bond acceptors (Lipinski definition) is 7. The van der Waals surface area contributed by atoms with E-state index in [1.807, 2.05) is 12.1 Å². The van der Waals surface area contributed by atoms with Gasteiger partial charge in [-0.25, -0.2) is 13.4 Å². The van der Waals surface area contributed by atoms with Crippen molar-refractivity contribution in [3.8, 4) is 0 Å². The van der Waals surface area contributed by atoms with Gasteiger partial charge in [-0.2, -0.15) is 4.31 Å². The molecule has 0 spiro atoms. The van der Waals surface area contributed by atoms with Gasteiger partial charge in [0.1, 0.15) is 0 Å². The number of nitrogens with zero attached hydrogens (tertiary/aromatic N) is 7. The van der Waals surface area contributed by atoms with Crippen LogP contribution in [0.1, 0.15) is 19.8 Å². The van der Waals surface area contributed by atoms with Gasteiger partial charge in [0.15, 0.2) is 16.7 Å². The summed E-state index contributed by atoms with van der Waals surface area (Å²) in [6.07, 6.45) is 5.42. The van der Waals surface area contributed by atoms with E-state index in [0.29, 0.717) is 26.2 Å². The molecule has 2 aliphatic heterocycles.